The number of methoxy groups -OCH3 is 1. The van der Waals surface area contributed by atoms with Crippen molar-refractivity contribution >= 4 is 0 Å². The number of ether oxygens (including phenoxy) is 1. The molecule has 3 N–H and O–H groups in total. The minimum atomic E-state index is -0.263. The highest BCUT2D eigenvalue weighted by molar-refractivity contribution is 5.32. The van der Waals surface area contributed by atoms with Crippen molar-refractivity contribution in [2.24, 2.45) is 5.73 Å². The van der Waals surface area contributed by atoms with Crippen LogP contribution in [0.15, 0.2) is 18.3 Å². The van der Waals surface area contributed by atoms with Gasteiger partial charge in [-0.3, -0.25) is 4.90 Å². The SMILES string of the molecule is CCN(CC(N)CO)C(C)(C)c1cccnc1OC. The first-order valence-corrected chi connectivity index (χ1v) is 6.58. The Balaban J connectivity index is 3.05. The summed E-state index contributed by atoms with van der Waals surface area (Å²) in [5.74, 6) is 0.628. The fourth-order valence-corrected chi connectivity index (χ4v) is 2.28. The molecular formula is C14H25N3O2. The fraction of sp³-hybridized carbons (Fsp3) is 0.643. The molecule has 5 heteroatoms. The smallest absolute Gasteiger partial charge is 0.218 e. The van der Waals surface area contributed by atoms with Gasteiger partial charge in [0.1, 0.15) is 0 Å². The molecule has 0 aliphatic heterocycles. The molecule has 1 aromatic rings. The summed E-state index contributed by atoms with van der Waals surface area (Å²) in [5.41, 5.74) is 6.61. The number of likely N-dealkylation sites (N-methyl/N-ethyl adjacent to an activating group) is 1. The zero-order valence-electron chi connectivity index (χ0n) is 12.3. The van der Waals surface area contributed by atoms with Crippen molar-refractivity contribution in [3.8, 4) is 5.88 Å². The van der Waals surface area contributed by atoms with Crippen molar-refractivity contribution in [1.29, 1.82) is 0 Å². The van der Waals surface area contributed by atoms with Crippen LogP contribution in [0.5, 0.6) is 5.88 Å². The molecule has 1 atom stereocenters. The molecule has 1 unspecified atom stereocenters. The highest BCUT2D eigenvalue weighted by atomic mass is 16.5. The molecule has 0 aliphatic rings. The number of aliphatic hydroxyl groups is 1. The average Bonchev–Trinajstić information content (AvgIpc) is 2.43. The molecule has 1 heterocycles. The predicted octanol–water partition coefficient (Wildman–Crippen LogP) is 0.967. The van der Waals surface area contributed by atoms with Crippen molar-refractivity contribution in [2.45, 2.75) is 32.4 Å². The van der Waals surface area contributed by atoms with Gasteiger partial charge in [-0.1, -0.05) is 13.0 Å². The summed E-state index contributed by atoms with van der Waals surface area (Å²) in [7, 11) is 1.62. The van der Waals surface area contributed by atoms with Gasteiger partial charge in [0.2, 0.25) is 5.88 Å². The van der Waals surface area contributed by atoms with Gasteiger partial charge < -0.3 is 15.6 Å². The Bertz CT molecular complexity index is 396. The summed E-state index contributed by atoms with van der Waals surface area (Å²) < 4.78 is 5.34. The van der Waals surface area contributed by atoms with Crippen LogP contribution in [-0.2, 0) is 5.54 Å². The van der Waals surface area contributed by atoms with Gasteiger partial charge in [0, 0.05) is 29.9 Å². The minimum absolute atomic E-state index is 0.0171. The number of hydrogen-bond donors (Lipinski definition) is 2. The van der Waals surface area contributed by atoms with E-state index in [0.717, 1.165) is 12.1 Å². The van der Waals surface area contributed by atoms with Gasteiger partial charge in [-0.05, 0) is 26.5 Å². The Labute approximate surface area is 115 Å². The van der Waals surface area contributed by atoms with E-state index in [-0.39, 0.29) is 18.2 Å². The van der Waals surface area contributed by atoms with E-state index in [4.69, 9.17) is 15.6 Å². The summed E-state index contributed by atoms with van der Waals surface area (Å²) >= 11 is 0. The number of hydrogen-bond acceptors (Lipinski definition) is 5. The van der Waals surface area contributed by atoms with Gasteiger partial charge in [0.15, 0.2) is 0 Å². The van der Waals surface area contributed by atoms with Gasteiger partial charge in [-0.2, -0.15) is 0 Å². The molecule has 19 heavy (non-hydrogen) atoms. The van der Waals surface area contributed by atoms with Crippen LogP contribution in [0, 0.1) is 0 Å². The zero-order valence-corrected chi connectivity index (χ0v) is 12.3. The number of rotatable bonds is 7. The molecule has 5 nitrogen and oxygen atoms in total. The van der Waals surface area contributed by atoms with Crippen molar-refractivity contribution in [3.63, 3.8) is 0 Å². The third-order valence-electron chi connectivity index (χ3n) is 3.49. The summed E-state index contributed by atoms with van der Waals surface area (Å²) in [6.45, 7) is 7.74. The van der Waals surface area contributed by atoms with Gasteiger partial charge in [-0.25, -0.2) is 4.98 Å². The standard InChI is InChI=1S/C14H25N3O2/c1-5-17(9-11(15)10-18)14(2,3)12-7-6-8-16-13(12)19-4/h6-8,11,18H,5,9-10,15H2,1-4H3. The maximum Gasteiger partial charge on any atom is 0.218 e. The second-order valence-corrected chi connectivity index (χ2v) is 5.10. The van der Waals surface area contributed by atoms with E-state index in [1.165, 1.54) is 0 Å². The Morgan fingerprint density at radius 2 is 2.21 bits per heavy atom. The average molecular weight is 267 g/mol. The summed E-state index contributed by atoms with van der Waals surface area (Å²) in [4.78, 5) is 6.47. The van der Waals surface area contributed by atoms with Gasteiger partial charge >= 0.3 is 0 Å². The molecule has 0 fully saturated rings. The number of aromatic nitrogens is 1. The number of pyridine rings is 1. The van der Waals surface area contributed by atoms with Gasteiger partial charge in [0.25, 0.3) is 0 Å². The first kappa shape index (κ1) is 15.9. The van der Waals surface area contributed by atoms with Crippen molar-refractivity contribution in [3.05, 3.63) is 23.9 Å². The molecule has 0 amide bonds. The van der Waals surface area contributed by atoms with Gasteiger partial charge in [0.05, 0.1) is 13.7 Å². The highest BCUT2D eigenvalue weighted by Gasteiger charge is 2.31. The fourth-order valence-electron chi connectivity index (χ4n) is 2.28. The quantitative estimate of drug-likeness (QED) is 0.770. The highest BCUT2D eigenvalue weighted by Crippen LogP contribution is 2.32. The first-order chi connectivity index (χ1) is 8.97. The lowest BCUT2D eigenvalue weighted by Crippen LogP contribution is -2.48. The van der Waals surface area contributed by atoms with E-state index in [2.05, 4.69) is 30.7 Å². The van der Waals surface area contributed by atoms with E-state index in [1.807, 2.05) is 12.1 Å². The normalized spacial score (nSPS) is 13.6. The molecule has 0 bridgehead atoms. The number of aliphatic hydroxyl groups excluding tert-OH is 1. The summed E-state index contributed by atoms with van der Waals surface area (Å²) in [5, 5.41) is 9.13. The van der Waals surface area contributed by atoms with Crippen LogP contribution < -0.4 is 10.5 Å². The lowest BCUT2D eigenvalue weighted by atomic mass is 9.92. The minimum Gasteiger partial charge on any atom is -0.481 e. The van der Waals surface area contributed by atoms with E-state index in [0.29, 0.717) is 12.4 Å². The largest absolute Gasteiger partial charge is 0.481 e. The zero-order chi connectivity index (χ0) is 14.5. The van der Waals surface area contributed by atoms with Crippen molar-refractivity contribution < 1.29 is 9.84 Å². The third-order valence-corrected chi connectivity index (χ3v) is 3.49. The molecule has 0 spiro atoms. The van der Waals surface area contributed by atoms with E-state index >= 15 is 0 Å². The van der Waals surface area contributed by atoms with Crippen LogP contribution in [0.3, 0.4) is 0 Å². The predicted molar refractivity (Wildman–Crippen MR) is 76.1 cm³/mol. The lowest BCUT2D eigenvalue weighted by Gasteiger charge is -2.39. The topological polar surface area (TPSA) is 71.6 Å². The Morgan fingerprint density at radius 1 is 1.53 bits per heavy atom. The summed E-state index contributed by atoms with van der Waals surface area (Å²) in [6.07, 6.45) is 1.72. The van der Waals surface area contributed by atoms with Crippen LogP contribution >= 0.6 is 0 Å². The molecule has 0 saturated carbocycles. The van der Waals surface area contributed by atoms with E-state index in [9.17, 15) is 0 Å². The second-order valence-electron chi connectivity index (χ2n) is 5.10. The van der Waals surface area contributed by atoms with Crippen LogP contribution in [0.4, 0.5) is 0 Å². The Morgan fingerprint density at radius 3 is 2.74 bits per heavy atom. The van der Waals surface area contributed by atoms with Crippen LogP contribution in [-0.4, -0.2) is 47.8 Å². The second kappa shape index (κ2) is 6.84. The van der Waals surface area contributed by atoms with Crippen LogP contribution in [0.25, 0.3) is 0 Å². The Hall–Kier alpha value is -1.17. The van der Waals surface area contributed by atoms with Crippen molar-refractivity contribution in [2.75, 3.05) is 26.8 Å². The molecule has 1 aromatic heterocycles. The van der Waals surface area contributed by atoms with E-state index < -0.39 is 0 Å². The molecular weight excluding hydrogens is 242 g/mol. The van der Waals surface area contributed by atoms with Crippen LogP contribution in [0.2, 0.25) is 0 Å². The number of nitrogens with zero attached hydrogens (tertiary/aromatic N) is 2. The van der Waals surface area contributed by atoms with E-state index in [1.54, 1.807) is 13.3 Å². The molecule has 0 aromatic carbocycles. The molecule has 0 radical (unpaired) electrons. The first-order valence-electron chi connectivity index (χ1n) is 6.58. The van der Waals surface area contributed by atoms with Crippen molar-refractivity contribution in [1.82, 2.24) is 9.88 Å². The number of nitrogens with two attached hydrogens (primary N) is 1. The molecule has 0 saturated heterocycles. The maximum atomic E-state index is 9.13. The monoisotopic (exact) mass is 267 g/mol. The van der Waals surface area contributed by atoms with Crippen LogP contribution in [0.1, 0.15) is 26.3 Å². The molecule has 108 valence electrons. The molecule has 0 aliphatic carbocycles. The maximum absolute atomic E-state index is 9.13. The molecule has 1 rings (SSSR count). The third kappa shape index (κ3) is 3.65. The Kier molecular flexibility index (Phi) is 5.72. The summed E-state index contributed by atoms with van der Waals surface area (Å²) in [6, 6.07) is 3.67. The van der Waals surface area contributed by atoms with Gasteiger partial charge in [-0.15, -0.1) is 0 Å². The lowest BCUT2D eigenvalue weighted by molar-refractivity contribution is 0.101.